The number of anilines is 1. The topological polar surface area (TPSA) is 12.0 Å². The molecule has 0 heterocycles. The van der Waals surface area contributed by atoms with Gasteiger partial charge in [-0.2, -0.15) is 0 Å². The normalized spacial score (nSPS) is 15.9. The standard InChI is InChI=1S/C9H8BrF2N/c10-6-3-8(12)9(4-7(6)11)13-5-1-2-5/h3-5,13H,1-2H2. The van der Waals surface area contributed by atoms with Crippen LogP contribution < -0.4 is 5.32 Å². The van der Waals surface area contributed by atoms with Gasteiger partial charge in [0.25, 0.3) is 0 Å². The van der Waals surface area contributed by atoms with Crippen molar-refractivity contribution >= 4 is 21.6 Å². The minimum Gasteiger partial charge on any atom is -0.380 e. The first-order valence-electron chi connectivity index (χ1n) is 4.08. The van der Waals surface area contributed by atoms with Crippen LogP contribution in [0.2, 0.25) is 0 Å². The van der Waals surface area contributed by atoms with Crippen molar-refractivity contribution in [1.29, 1.82) is 0 Å². The molecular weight excluding hydrogens is 240 g/mol. The van der Waals surface area contributed by atoms with E-state index < -0.39 is 11.6 Å². The molecular formula is C9H8BrF2N. The van der Waals surface area contributed by atoms with Gasteiger partial charge in [-0.3, -0.25) is 0 Å². The smallest absolute Gasteiger partial charge is 0.147 e. The molecule has 4 heteroatoms. The fourth-order valence-corrected chi connectivity index (χ4v) is 1.40. The van der Waals surface area contributed by atoms with Crippen LogP contribution in [0.3, 0.4) is 0 Å². The minimum atomic E-state index is -0.440. The minimum absolute atomic E-state index is 0.159. The number of benzene rings is 1. The van der Waals surface area contributed by atoms with Crippen LogP contribution in [0.25, 0.3) is 0 Å². The molecule has 0 saturated heterocycles. The lowest BCUT2D eigenvalue weighted by atomic mass is 10.3. The molecule has 1 N–H and O–H groups in total. The molecule has 0 atom stereocenters. The largest absolute Gasteiger partial charge is 0.380 e. The molecule has 1 aromatic carbocycles. The Kier molecular flexibility index (Phi) is 2.24. The van der Waals surface area contributed by atoms with E-state index in [2.05, 4.69) is 21.2 Å². The van der Waals surface area contributed by atoms with Gasteiger partial charge in [0.2, 0.25) is 0 Å². The van der Waals surface area contributed by atoms with Crippen molar-refractivity contribution in [1.82, 2.24) is 0 Å². The summed E-state index contributed by atoms with van der Waals surface area (Å²) >= 11 is 2.92. The van der Waals surface area contributed by atoms with Crippen LogP contribution in [0.5, 0.6) is 0 Å². The molecule has 1 nitrogen and oxygen atoms in total. The van der Waals surface area contributed by atoms with E-state index in [9.17, 15) is 8.78 Å². The monoisotopic (exact) mass is 247 g/mol. The summed E-state index contributed by atoms with van der Waals surface area (Å²) in [5.41, 5.74) is 0.253. The zero-order valence-corrected chi connectivity index (χ0v) is 8.37. The van der Waals surface area contributed by atoms with Crippen LogP contribution in [0.1, 0.15) is 12.8 Å². The third-order valence-electron chi connectivity index (χ3n) is 1.95. The molecule has 1 fully saturated rings. The quantitative estimate of drug-likeness (QED) is 0.792. The fourth-order valence-electron chi connectivity index (χ4n) is 1.08. The van der Waals surface area contributed by atoms with Gasteiger partial charge in [-0.1, -0.05) is 0 Å². The maximum absolute atomic E-state index is 13.2. The molecule has 13 heavy (non-hydrogen) atoms. The van der Waals surface area contributed by atoms with E-state index in [1.807, 2.05) is 0 Å². The Bertz CT molecular complexity index is 337. The van der Waals surface area contributed by atoms with Crippen LogP contribution in [0.4, 0.5) is 14.5 Å². The summed E-state index contributed by atoms with van der Waals surface area (Å²) in [4.78, 5) is 0. The van der Waals surface area contributed by atoms with Gasteiger partial charge >= 0.3 is 0 Å². The Morgan fingerprint density at radius 3 is 2.54 bits per heavy atom. The van der Waals surface area contributed by atoms with Crippen molar-refractivity contribution in [3.05, 3.63) is 28.2 Å². The first-order valence-corrected chi connectivity index (χ1v) is 4.87. The molecule has 70 valence electrons. The van der Waals surface area contributed by atoms with Gasteiger partial charge < -0.3 is 5.32 Å². The number of halogens is 3. The van der Waals surface area contributed by atoms with Crippen molar-refractivity contribution in [2.45, 2.75) is 18.9 Å². The van der Waals surface area contributed by atoms with Gasteiger partial charge in [0, 0.05) is 12.1 Å². The highest BCUT2D eigenvalue weighted by molar-refractivity contribution is 9.10. The zero-order valence-electron chi connectivity index (χ0n) is 6.78. The average Bonchev–Trinajstić information content (AvgIpc) is 2.84. The second kappa shape index (κ2) is 3.25. The van der Waals surface area contributed by atoms with Gasteiger partial charge in [0.05, 0.1) is 10.2 Å². The lowest BCUT2D eigenvalue weighted by Crippen LogP contribution is -2.03. The summed E-state index contributed by atoms with van der Waals surface area (Å²) in [6, 6.07) is 2.65. The van der Waals surface area contributed by atoms with E-state index in [0.29, 0.717) is 6.04 Å². The van der Waals surface area contributed by atoms with E-state index in [1.54, 1.807) is 0 Å². The molecule has 0 radical (unpaired) electrons. The van der Waals surface area contributed by atoms with E-state index >= 15 is 0 Å². The number of hydrogen-bond donors (Lipinski definition) is 1. The van der Waals surface area contributed by atoms with E-state index in [-0.39, 0.29) is 10.2 Å². The molecule has 1 aliphatic carbocycles. The second-order valence-electron chi connectivity index (χ2n) is 3.16. The lowest BCUT2D eigenvalue weighted by molar-refractivity contribution is 0.596. The Morgan fingerprint density at radius 2 is 1.92 bits per heavy atom. The molecule has 0 aliphatic heterocycles. The van der Waals surface area contributed by atoms with Crippen molar-refractivity contribution in [2.75, 3.05) is 5.32 Å². The van der Waals surface area contributed by atoms with Gasteiger partial charge in [0.15, 0.2) is 0 Å². The summed E-state index contributed by atoms with van der Waals surface area (Å²) in [6.45, 7) is 0. The molecule has 1 aliphatic rings. The SMILES string of the molecule is Fc1cc(NC2CC2)c(F)cc1Br. The van der Waals surface area contributed by atoms with Crippen molar-refractivity contribution in [2.24, 2.45) is 0 Å². The lowest BCUT2D eigenvalue weighted by Gasteiger charge is -2.06. The summed E-state index contributed by atoms with van der Waals surface area (Å²) in [5.74, 6) is -0.857. The third-order valence-corrected chi connectivity index (χ3v) is 2.55. The molecule has 1 aromatic rings. The maximum Gasteiger partial charge on any atom is 0.147 e. The van der Waals surface area contributed by atoms with Crippen LogP contribution >= 0.6 is 15.9 Å². The summed E-state index contributed by atoms with van der Waals surface area (Å²) < 4.78 is 26.3. The Labute approximate surface area is 83.3 Å². The molecule has 0 unspecified atom stereocenters. The summed E-state index contributed by atoms with van der Waals surface area (Å²) in [5, 5.41) is 2.92. The van der Waals surface area contributed by atoms with Crippen molar-refractivity contribution in [3.63, 3.8) is 0 Å². The first-order chi connectivity index (χ1) is 6.16. The molecule has 0 amide bonds. The third kappa shape index (κ3) is 1.99. The Balaban J connectivity index is 2.27. The molecule has 2 rings (SSSR count). The highest BCUT2D eigenvalue weighted by Crippen LogP contribution is 2.29. The summed E-state index contributed by atoms with van der Waals surface area (Å²) in [6.07, 6.45) is 2.08. The van der Waals surface area contributed by atoms with E-state index in [1.165, 1.54) is 6.07 Å². The van der Waals surface area contributed by atoms with Gasteiger partial charge in [-0.05, 0) is 34.8 Å². The van der Waals surface area contributed by atoms with Crippen molar-refractivity contribution in [3.8, 4) is 0 Å². The summed E-state index contributed by atoms with van der Waals surface area (Å²) in [7, 11) is 0. The zero-order chi connectivity index (χ0) is 9.42. The predicted octanol–water partition coefficient (Wildman–Crippen LogP) is 3.30. The highest BCUT2D eigenvalue weighted by Gasteiger charge is 2.22. The second-order valence-corrected chi connectivity index (χ2v) is 4.02. The molecule has 0 aromatic heterocycles. The first kappa shape index (κ1) is 8.94. The van der Waals surface area contributed by atoms with Gasteiger partial charge in [0.1, 0.15) is 11.6 Å². The number of rotatable bonds is 2. The molecule has 1 saturated carbocycles. The van der Waals surface area contributed by atoms with E-state index in [4.69, 9.17) is 0 Å². The van der Waals surface area contributed by atoms with Crippen LogP contribution in [0.15, 0.2) is 16.6 Å². The number of nitrogens with one attached hydrogen (secondary N) is 1. The van der Waals surface area contributed by atoms with Gasteiger partial charge in [-0.15, -0.1) is 0 Å². The van der Waals surface area contributed by atoms with Crippen LogP contribution in [-0.2, 0) is 0 Å². The molecule has 0 bridgehead atoms. The Morgan fingerprint density at radius 1 is 1.23 bits per heavy atom. The maximum atomic E-state index is 13.2. The van der Waals surface area contributed by atoms with Crippen LogP contribution in [-0.4, -0.2) is 6.04 Å². The van der Waals surface area contributed by atoms with Gasteiger partial charge in [-0.25, -0.2) is 8.78 Å². The number of hydrogen-bond acceptors (Lipinski definition) is 1. The van der Waals surface area contributed by atoms with Crippen LogP contribution in [0, 0.1) is 11.6 Å². The fraction of sp³-hybridized carbons (Fsp3) is 0.333. The Hall–Kier alpha value is -0.640. The van der Waals surface area contributed by atoms with Crippen molar-refractivity contribution < 1.29 is 8.78 Å². The van der Waals surface area contributed by atoms with E-state index in [0.717, 1.165) is 18.9 Å². The highest BCUT2D eigenvalue weighted by atomic mass is 79.9. The predicted molar refractivity (Wildman–Crippen MR) is 50.7 cm³/mol. The molecule has 0 spiro atoms. The average molecular weight is 248 g/mol.